The van der Waals surface area contributed by atoms with Crippen LogP contribution in [0.3, 0.4) is 0 Å². The zero-order chi connectivity index (χ0) is 12.8. The van der Waals surface area contributed by atoms with Gasteiger partial charge in [-0.3, -0.25) is 0 Å². The van der Waals surface area contributed by atoms with Crippen molar-refractivity contribution in [1.82, 2.24) is 10.2 Å². The van der Waals surface area contributed by atoms with E-state index in [1.54, 1.807) is 12.1 Å². The summed E-state index contributed by atoms with van der Waals surface area (Å²) in [5, 5.41) is 3.35. The number of hydrogen-bond donors (Lipinski definition) is 1. The maximum atomic E-state index is 13.5. The van der Waals surface area contributed by atoms with E-state index in [1.165, 1.54) is 0 Å². The fourth-order valence-corrected chi connectivity index (χ4v) is 1.74. The first-order valence-electron chi connectivity index (χ1n) is 6.16. The summed E-state index contributed by atoms with van der Waals surface area (Å²) >= 11 is 0. The van der Waals surface area contributed by atoms with E-state index in [0.717, 1.165) is 24.2 Å². The monoisotopic (exact) mass is 238 g/mol. The zero-order valence-corrected chi connectivity index (χ0v) is 11.3. The third kappa shape index (κ3) is 5.29. The van der Waals surface area contributed by atoms with Crippen LogP contribution in [-0.2, 0) is 6.54 Å². The standard InChI is InChI=1S/C14H23FN2/c1-11(2)16-7-8-17(4)10-13-9-12(3)5-6-14(13)15/h5-6,9,11,16H,7-8,10H2,1-4H3. The van der Waals surface area contributed by atoms with Crippen LogP contribution in [0.5, 0.6) is 0 Å². The Hall–Kier alpha value is -0.930. The number of rotatable bonds is 6. The van der Waals surface area contributed by atoms with Crippen LogP contribution >= 0.6 is 0 Å². The van der Waals surface area contributed by atoms with Gasteiger partial charge in [0.2, 0.25) is 0 Å². The van der Waals surface area contributed by atoms with Gasteiger partial charge in [0.25, 0.3) is 0 Å². The molecule has 0 fully saturated rings. The van der Waals surface area contributed by atoms with Gasteiger partial charge in [-0.05, 0) is 20.0 Å². The topological polar surface area (TPSA) is 15.3 Å². The lowest BCUT2D eigenvalue weighted by Crippen LogP contribution is -2.32. The summed E-state index contributed by atoms with van der Waals surface area (Å²) in [6.45, 7) is 8.75. The van der Waals surface area contributed by atoms with E-state index in [1.807, 2.05) is 20.0 Å². The van der Waals surface area contributed by atoms with E-state index in [2.05, 4.69) is 24.1 Å². The average molecular weight is 238 g/mol. The fourth-order valence-electron chi connectivity index (χ4n) is 1.74. The number of halogens is 1. The molecule has 0 saturated heterocycles. The molecule has 0 saturated carbocycles. The van der Waals surface area contributed by atoms with Crippen molar-refractivity contribution in [2.45, 2.75) is 33.4 Å². The van der Waals surface area contributed by atoms with Gasteiger partial charge in [0.1, 0.15) is 5.82 Å². The van der Waals surface area contributed by atoms with Crippen LogP contribution in [0.1, 0.15) is 25.0 Å². The molecule has 0 radical (unpaired) electrons. The minimum absolute atomic E-state index is 0.112. The van der Waals surface area contributed by atoms with Crippen LogP contribution in [0, 0.1) is 12.7 Å². The molecule has 2 nitrogen and oxygen atoms in total. The highest BCUT2D eigenvalue weighted by Gasteiger charge is 2.06. The second kappa shape index (κ2) is 6.72. The van der Waals surface area contributed by atoms with E-state index < -0.39 is 0 Å². The molecule has 96 valence electrons. The molecule has 1 aromatic carbocycles. The Morgan fingerprint density at radius 1 is 1.35 bits per heavy atom. The highest BCUT2D eigenvalue weighted by Crippen LogP contribution is 2.11. The number of aryl methyl sites for hydroxylation is 1. The van der Waals surface area contributed by atoms with Gasteiger partial charge in [0.15, 0.2) is 0 Å². The van der Waals surface area contributed by atoms with Gasteiger partial charge in [0.05, 0.1) is 0 Å². The van der Waals surface area contributed by atoms with Gasteiger partial charge in [-0.2, -0.15) is 0 Å². The van der Waals surface area contributed by atoms with Crippen LogP contribution in [0.15, 0.2) is 18.2 Å². The molecule has 0 spiro atoms. The molecule has 0 bridgehead atoms. The van der Waals surface area contributed by atoms with E-state index in [9.17, 15) is 4.39 Å². The highest BCUT2D eigenvalue weighted by atomic mass is 19.1. The third-order valence-electron chi connectivity index (χ3n) is 2.69. The van der Waals surface area contributed by atoms with Gasteiger partial charge in [0, 0.05) is 31.2 Å². The van der Waals surface area contributed by atoms with E-state index >= 15 is 0 Å². The molecule has 0 aromatic heterocycles. The Bertz CT molecular complexity index is 350. The molecule has 0 heterocycles. The molecule has 17 heavy (non-hydrogen) atoms. The van der Waals surface area contributed by atoms with Crippen molar-refractivity contribution in [3.8, 4) is 0 Å². The van der Waals surface area contributed by atoms with Crippen molar-refractivity contribution in [2.24, 2.45) is 0 Å². The minimum atomic E-state index is -0.112. The fraction of sp³-hybridized carbons (Fsp3) is 0.571. The molecule has 0 amide bonds. The van der Waals surface area contributed by atoms with Crippen LogP contribution in [0.2, 0.25) is 0 Å². The maximum absolute atomic E-state index is 13.5. The molecular weight excluding hydrogens is 215 g/mol. The van der Waals surface area contributed by atoms with E-state index in [4.69, 9.17) is 0 Å². The average Bonchev–Trinajstić information content (AvgIpc) is 2.23. The van der Waals surface area contributed by atoms with Gasteiger partial charge in [-0.15, -0.1) is 0 Å². The van der Waals surface area contributed by atoms with Crippen LogP contribution in [-0.4, -0.2) is 31.1 Å². The quantitative estimate of drug-likeness (QED) is 0.819. The van der Waals surface area contributed by atoms with Gasteiger partial charge >= 0.3 is 0 Å². The minimum Gasteiger partial charge on any atom is -0.313 e. The second-order valence-electron chi connectivity index (χ2n) is 4.94. The van der Waals surface area contributed by atoms with Gasteiger partial charge < -0.3 is 10.2 Å². The summed E-state index contributed by atoms with van der Waals surface area (Å²) in [4.78, 5) is 2.13. The molecule has 0 unspecified atom stereocenters. The largest absolute Gasteiger partial charge is 0.313 e. The lowest BCUT2D eigenvalue weighted by atomic mass is 10.1. The number of nitrogens with one attached hydrogen (secondary N) is 1. The number of benzene rings is 1. The smallest absolute Gasteiger partial charge is 0.127 e. The second-order valence-corrected chi connectivity index (χ2v) is 4.94. The molecule has 1 N–H and O–H groups in total. The Kier molecular flexibility index (Phi) is 5.59. The highest BCUT2D eigenvalue weighted by molar-refractivity contribution is 5.23. The Morgan fingerprint density at radius 2 is 2.06 bits per heavy atom. The molecule has 0 aliphatic rings. The predicted molar refractivity (Wildman–Crippen MR) is 70.6 cm³/mol. The summed E-state index contributed by atoms with van der Waals surface area (Å²) < 4.78 is 13.5. The van der Waals surface area contributed by atoms with Gasteiger partial charge in [-0.25, -0.2) is 4.39 Å². The molecule has 1 rings (SSSR count). The Balaban J connectivity index is 2.44. The number of likely N-dealkylation sites (N-methyl/N-ethyl adjacent to an activating group) is 1. The molecule has 1 aromatic rings. The molecule has 0 aliphatic carbocycles. The lowest BCUT2D eigenvalue weighted by Gasteiger charge is -2.18. The first-order valence-corrected chi connectivity index (χ1v) is 6.16. The zero-order valence-electron chi connectivity index (χ0n) is 11.3. The normalized spacial score (nSPS) is 11.5. The van der Waals surface area contributed by atoms with Crippen molar-refractivity contribution in [1.29, 1.82) is 0 Å². The SMILES string of the molecule is Cc1ccc(F)c(CN(C)CCNC(C)C)c1. The van der Waals surface area contributed by atoms with Crippen molar-refractivity contribution in [3.63, 3.8) is 0 Å². The Morgan fingerprint density at radius 3 is 2.71 bits per heavy atom. The van der Waals surface area contributed by atoms with Crippen molar-refractivity contribution in [3.05, 3.63) is 35.1 Å². The van der Waals surface area contributed by atoms with Crippen molar-refractivity contribution < 1.29 is 4.39 Å². The summed E-state index contributed by atoms with van der Waals surface area (Å²) in [6.07, 6.45) is 0. The molecule has 3 heteroatoms. The number of nitrogens with zero attached hydrogens (tertiary/aromatic N) is 1. The lowest BCUT2D eigenvalue weighted by molar-refractivity contribution is 0.315. The van der Waals surface area contributed by atoms with Crippen molar-refractivity contribution >= 4 is 0 Å². The number of hydrogen-bond acceptors (Lipinski definition) is 2. The van der Waals surface area contributed by atoms with Crippen molar-refractivity contribution in [2.75, 3.05) is 20.1 Å². The molecule has 0 aliphatic heterocycles. The molecular formula is C14H23FN2. The van der Waals surface area contributed by atoms with Crippen LogP contribution in [0.4, 0.5) is 4.39 Å². The third-order valence-corrected chi connectivity index (χ3v) is 2.69. The van der Waals surface area contributed by atoms with E-state index in [-0.39, 0.29) is 5.82 Å². The summed E-state index contributed by atoms with van der Waals surface area (Å²) in [5.74, 6) is -0.112. The predicted octanol–water partition coefficient (Wildman–Crippen LogP) is 2.56. The first-order chi connectivity index (χ1) is 7.99. The van der Waals surface area contributed by atoms with Crippen LogP contribution < -0.4 is 5.32 Å². The van der Waals surface area contributed by atoms with Gasteiger partial charge in [-0.1, -0.05) is 31.5 Å². The summed E-state index contributed by atoms with van der Waals surface area (Å²) in [7, 11) is 2.02. The Labute approximate surface area is 104 Å². The first kappa shape index (κ1) is 14.1. The summed E-state index contributed by atoms with van der Waals surface area (Å²) in [6, 6.07) is 5.77. The van der Waals surface area contributed by atoms with Crippen LogP contribution in [0.25, 0.3) is 0 Å². The maximum Gasteiger partial charge on any atom is 0.127 e. The molecule has 0 atom stereocenters. The van der Waals surface area contributed by atoms with E-state index in [0.29, 0.717) is 12.6 Å². The summed E-state index contributed by atoms with van der Waals surface area (Å²) in [5.41, 5.74) is 1.88.